The molecule has 3 aromatic rings. The van der Waals surface area contributed by atoms with E-state index in [1.54, 1.807) is 25.4 Å². The first-order valence-corrected chi connectivity index (χ1v) is 8.10. The first-order valence-electron chi connectivity index (χ1n) is 8.10. The van der Waals surface area contributed by atoms with Gasteiger partial charge in [0.05, 0.1) is 6.20 Å². The van der Waals surface area contributed by atoms with Gasteiger partial charge in [0.2, 0.25) is 0 Å². The van der Waals surface area contributed by atoms with Gasteiger partial charge in [-0.3, -0.25) is 4.79 Å². The Bertz CT molecular complexity index is 881. The first kappa shape index (κ1) is 14.7. The summed E-state index contributed by atoms with van der Waals surface area (Å²) in [4.78, 5) is 27.0. The van der Waals surface area contributed by atoms with Crippen molar-refractivity contribution in [3.8, 4) is 0 Å². The highest BCUT2D eigenvalue weighted by atomic mass is 16.2. The maximum absolute atomic E-state index is 12.6. The molecule has 0 N–H and O–H groups in total. The van der Waals surface area contributed by atoms with Crippen LogP contribution in [-0.2, 0) is 0 Å². The number of aromatic nitrogens is 5. The Balaban J connectivity index is 1.49. The van der Waals surface area contributed by atoms with Gasteiger partial charge < -0.3 is 4.90 Å². The van der Waals surface area contributed by atoms with Crippen molar-refractivity contribution in [1.82, 2.24) is 29.5 Å². The molecular weight excluding hydrogens is 304 g/mol. The van der Waals surface area contributed by atoms with E-state index in [1.807, 2.05) is 27.7 Å². The molecule has 4 rings (SSSR count). The molecule has 1 aliphatic rings. The summed E-state index contributed by atoms with van der Waals surface area (Å²) in [5.74, 6) is 0.984. The summed E-state index contributed by atoms with van der Waals surface area (Å²) >= 11 is 0. The predicted molar refractivity (Wildman–Crippen MR) is 87.6 cm³/mol. The Morgan fingerprint density at radius 2 is 1.88 bits per heavy atom. The molecule has 0 unspecified atom stereocenters. The summed E-state index contributed by atoms with van der Waals surface area (Å²) in [6, 6.07) is 5.60. The Morgan fingerprint density at radius 1 is 1.08 bits per heavy atom. The van der Waals surface area contributed by atoms with Gasteiger partial charge in [-0.15, -0.1) is 0 Å². The zero-order valence-electron chi connectivity index (χ0n) is 13.5. The van der Waals surface area contributed by atoms with Gasteiger partial charge >= 0.3 is 0 Å². The number of aryl methyl sites for hydroxylation is 1. The highest BCUT2D eigenvalue weighted by molar-refractivity contribution is 5.92. The average molecular weight is 322 g/mol. The van der Waals surface area contributed by atoms with Crippen LogP contribution in [0, 0.1) is 6.92 Å². The molecule has 1 saturated heterocycles. The van der Waals surface area contributed by atoms with Crippen LogP contribution in [-0.4, -0.2) is 48.5 Å². The smallest absolute Gasteiger partial charge is 0.272 e. The van der Waals surface area contributed by atoms with Crippen LogP contribution in [0.1, 0.15) is 40.8 Å². The Morgan fingerprint density at radius 3 is 2.67 bits per heavy atom. The van der Waals surface area contributed by atoms with Crippen LogP contribution in [0.2, 0.25) is 0 Å². The zero-order chi connectivity index (χ0) is 16.5. The second-order valence-electron chi connectivity index (χ2n) is 6.03. The minimum Gasteiger partial charge on any atom is -0.337 e. The summed E-state index contributed by atoms with van der Waals surface area (Å²) in [5, 5.41) is 4.36. The third-order valence-electron chi connectivity index (χ3n) is 4.52. The van der Waals surface area contributed by atoms with E-state index in [-0.39, 0.29) is 5.91 Å². The van der Waals surface area contributed by atoms with Gasteiger partial charge in [-0.2, -0.15) is 5.10 Å². The summed E-state index contributed by atoms with van der Waals surface area (Å²) in [5.41, 5.74) is 2.50. The van der Waals surface area contributed by atoms with Gasteiger partial charge in [-0.1, -0.05) is 0 Å². The van der Waals surface area contributed by atoms with E-state index in [9.17, 15) is 4.79 Å². The van der Waals surface area contributed by atoms with Gasteiger partial charge in [-0.25, -0.2) is 19.5 Å². The van der Waals surface area contributed by atoms with E-state index >= 15 is 0 Å². The highest BCUT2D eigenvalue weighted by Crippen LogP contribution is 2.28. The van der Waals surface area contributed by atoms with Crippen LogP contribution < -0.4 is 0 Å². The minimum absolute atomic E-state index is 0.0158. The number of carbonyl (C=O) groups is 1. The molecule has 7 heteroatoms. The summed E-state index contributed by atoms with van der Waals surface area (Å²) < 4.78 is 1.90. The zero-order valence-corrected chi connectivity index (χ0v) is 13.5. The molecule has 0 aliphatic carbocycles. The number of nitrogens with zero attached hydrogens (tertiary/aromatic N) is 6. The van der Waals surface area contributed by atoms with Crippen molar-refractivity contribution in [1.29, 1.82) is 0 Å². The lowest BCUT2D eigenvalue weighted by Gasteiger charge is -2.32. The molecule has 122 valence electrons. The van der Waals surface area contributed by atoms with Crippen molar-refractivity contribution >= 4 is 11.6 Å². The Labute approximate surface area is 139 Å². The minimum atomic E-state index is -0.0158. The highest BCUT2D eigenvalue weighted by Gasteiger charge is 2.26. The molecule has 0 aromatic carbocycles. The van der Waals surface area contributed by atoms with Gasteiger partial charge in [0.1, 0.15) is 11.5 Å². The second kappa shape index (κ2) is 5.99. The number of fused-ring (bicyclic) bond motifs is 1. The molecule has 3 aromatic heterocycles. The topological polar surface area (TPSA) is 76.3 Å². The van der Waals surface area contributed by atoms with Gasteiger partial charge in [-0.05, 0) is 31.9 Å². The molecule has 0 radical (unpaired) electrons. The van der Waals surface area contributed by atoms with Crippen molar-refractivity contribution in [2.45, 2.75) is 25.7 Å². The fraction of sp³-hybridized carbons (Fsp3) is 0.353. The first-order chi connectivity index (χ1) is 11.7. The largest absolute Gasteiger partial charge is 0.337 e. The third kappa shape index (κ3) is 2.62. The number of rotatable bonds is 2. The van der Waals surface area contributed by atoms with E-state index < -0.39 is 0 Å². The van der Waals surface area contributed by atoms with Crippen LogP contribution in [0.4, 0.5) is 0 Å². The van der Waals surface area contributed by atoms with Crippen LogP contribution in [0.3, 0.4) is 0 Å². The molecule has 1 amide bonds. The lowest BCUT2D eigenvalue weighted by Crippen LogP contribution is -2.38. The van der Waals surface area contributed by atoms with Crippen molar-refractivity contribution in [2.24, 2.45) is 0 Å². The monoisotopic (exact) mass is 322 g/mol. The maximum Gasteiger partial charge on any atom is 0.272 e. The van der Waals surface area contributed by atoms with E-state index in [0.29, 0.717) is 17.4 Å². The number of hydrogen-bond acceptors (Lipinski definition) is 5. The number of piperidine rings is 1. The molecule has 0 atom stereocenters. The van der Waals surface area contributed by atoms with Crippen molar-refractivity contribution < 1.29 is 4.79 Å². The quantitative estimate of drug-likeness (QED) is 0.719. The van der Waals surface area contributed by atoms with Crippen molar-refractivity contribution in [3.05, 3.63) is 54.0 Å². The number of amides is 1. The lowest BCUT2D eigenvalue weighted by molar-refractivity contribution is 0.0705. The summed E-state index contributed by atoms with van der Waals surface area (Å²) in [6.07, 6.45) is 7.05. The number of likely N-dealkylation sites (tertiary alicyclic amines) is 1. The maximum atomic E-state index is 12.6. The summed E-state index contributed by atoms with van der Waals surface area (Å²) in [6.45, 7) is 3.23. The SMILES string of the molecule is Cc1nccc(C(=O)N2CCC(c3ccnc4ccnn34)CC2)n1. The van der Waals surface area contributed by atoms with Gasteiger partial charge in [0, 0.05) is 43.2 Å². The molecule has 1 aliphatic heterocycles. The standard InChI is InChI=1S/C17H18N6O/c1-12-18-7-2-14(21-12)17(24)22-10-5-13(6-11-22)15-3-8-19-16-4-9-20-23(15)16/h2-4,7-9,13H,5-6,10-11H2,1H3. The van der Waals surface area contributed by atoms with E-state index in [4.69, 9.17) is 0 Å². The number of hydrogen-bond donors (Lipinski definition) is 0. The molecule has 1 fully saturated rings. The molecule has 4 heterocycles. The lowest BCUT2D eigenvalue weighted by atomic mass is 9.93. The molecule has 24 heavy (non-hydrogen) atoms. The van der Waals surface area contributed by atoms with Crippen LogP contribution in [0.15, 0.2) is 36.8 Å². The van der Waals surface area contributed by atoms with Crippen molar-refractivity contribution in [2.75, 3.05) is 13.1 Å². The van der Waals surface area contributed by atoms with Gasteiger partial charge in [0.25, 0.3) is 5.91 Å². The van der Waals surface area contributed by atoms with E-state index in [0.717, 1.165) is 37.3 Å². The molecule has 0 bridgehead atoms. The van der Waals surface area contributed by atoms with E-state index in [2.05, 4.69) is 20.1 Å². The molecule has 0 spiro atoms. The molecular formula is C17H18N6O. The third-order valence-corrected chi connectivity index (χ3v) is 4.52. The van der Waals surface area contributed by atoms with Crippen LogP contribution in [0.5, 0.6) is 0 Å². The van der Waals surface area contributed by atoms with Crippen LogP contribution >= 0.6 is 0 Å². The molecule has 7 nitrogen and oxygen atoms in total. The Kier molecular flexibility index (Phi) is 3.68. The van der Waals surface area contributed by atoms with Crippen molar-refractivity contribution in [3.63, 3.8) is 0 Å². The molecule has 0 saturated carbocycles. The fourth-order valence-corrected chi connectivity index (χ4v) is 3.28. The van der Waals surface area contributed by atoms with Gasteiger partial charge in [0.15, 0.2) is 5.65 Å². The van der Waals surface area contributed by atoms with Crippen LogP contribution in [0.25, 0.3) is 5.65 Å². The van der Waals surface area contributed by atoms with E-state index in [1.165, 1.54) is 0 Å². The fourth-order valence-electron chi connectivity index (χ4n) is 3.28. The predicted octanol–water partition coefficient (Wildman–Crippen LogP) is 1.85. The summed E-state index contributed by atoms with van der Waals surface area (Å²) in [7, 11) is 0. The second-order valence-corrected chi connectivity index (χ2v) is 6.03. The average Bonchev–Trinajstić information content (AvgIpc) is 3.10. The Hall–Kier alpha value is -2.83. The number of carbonyl (C=O) groups excluding carboxylic acids is 1. The normalized spacial score (nSPS) is 15.8.